The number of anilines is 1. The Bertz CT molecular complexity index is 3020. The molecule has 3 fully saturated rings. The van der Waals surface area contributed by atoms with E-state index in [-0.39, 0.29) is 28.6 Å². The Morgan fingerprint density at radius 2 is 1.62 bits per heavy atom. The molecule has 3 aromatic carbocycles. The van der Waals surface area contributed by atoms with Crippen LogP contribution >= 0.6 is 7.82 Å². The number of benzene rings is 3. The van der Waals surface area contributed by atoms with E-state index in [0.29, 0.717) is 76.7 Å². The Labute approximate surface area is 382 Å². The fourth-order valence-electron chi connectivity index (χ4n) is 9.48. The molecule has 348 valence electrons. The van der Waals surface area contributed by atoms with Gasteiger partial charge in [-0.25, -0.2) is 31.7 Å². The second-order valence-corrected chi connectivity index (χ2v) is 21.1. The lowest BCUT2D eigenvalue weighted by Crippen LogP contribution is -2.58. The maximum Gasteiger partial charge on any atom is 0.469 e. The lowest BCUT2D eigenvalue weighted by Gasteiger charge is -2.45. The third kappa shape index (κ3) is 8.90. The van der Waals surface area contributed by atoms with Crippen LogP contribution in [0.5, 0.6) is 0 Å². The summed E-state index contributed by atoms with van der Waals surface area (Å²) in [7, 11) is -7.65. The van der Waals surface area contributed by atoms with Gasteiger partial charge in [0.25, 0.3) is 15.6 Å². The number of phosphoric ester groups is 1. The molecule has 0 spiro atoms. The molecule has 1 unspecified atom stereocenters. The molecule has 3 atom stereocenters. The van der Waals surface area contributed by atoms with Gasteiger partial charge in [-0.3, -0.25) is 14.2 Å². The number of ether oxygens (including phenoxy) is 1. The number of aromatic nitrogens is 4. The average Bonchev–Trinajstić information content (AvgIpc) is 3.99. The summed E-state index contributed by atoms with van der Waals surface area (Å²) in [6, 6.07) is 22.7. The summed E-state index contributed by atoms with van der Waals surface area (Å²) in [5, 5.41) is 10.6. The van der Waals surface area contributed by atoms with E-state index < -0.39 is 41.7 Å². The monoisotopic (exact) mass is 939 g/mol. The number of pyridine rings is 1. The van der Waals surface area contributed by atoms with Crippen molar-refractivity contribution in [2.24, 2.45) is 13.0 Å². The van der Waals surface area contributed by atoms with Crippen molar-refractivity contribution >= 4 is 51.7 Å². The molecule has 1 aliphatic carbocycles. The van der Waals surface area contributed by atoms with Crippen LogP contribution in [0.25, 0.3) is 32.9 Å². The van der Waals surface area contributed by atoms with E-state index in [1.54, 1.807) is 31.4 Å². The summed E-state index contributed by atoms with van der Waals surface area (Å²) < 4.78 is 55.3. The third-order valence-electron chi connectivity index (χ3n) is 13.3. The summed E-state index contributed by atoms with van der Waals surface area (Å²) in [5.74, 6) is 0.771. The number of carbonyl (C=O) groups is 1. The highest BCUT2D eigenvalue weighted by molar-refractivity contribution is 7.90. The molecule has 1 amide bonds. The Kier molecular flexibility index (Phi) is 12.2. The van der Waals surface area contributed by atoms with Gasteiger partial charge in [0.15, 0.2) is 5.60 Å². The van der Waals surface area contributed by atoms with Crippen LogP contribution in [0.15, 0.2) is 101 Å². The Hall–Kier alpha value is -5.46. The highest BCUT2D eigenvalue weighted by atomic mass is 32.2. The van der Waals surface area contributed by atoms with Crippen LogP contribution in [-0.4, -0.2) is 115 Å². The molecule has 5 heterocycles. The predicted octanol–water partition coefficient (Wildman–Crippen LogP) is 6.32. The van der Waals surface area contributed by atoms with Crippen molar-refractivity contribution in [1.82, 2.24) is 28.3 Å². The van der Waals surface area contributed by atoms with Crippen molar-refractivity contribution in [3.8, 4) is 11.1 Å². The van der Waals surface area contributed by atoms with Gasteiger partial charge >= 0.3 is 13.9 Å². The van der Waals surface area contributed by atoms with Gasteiger partial charge in [0, 0.05) is 80.6 Å². The number of hydrogen-bond donors (Lipinski definition) is 3. The van der Waals surface area contributed by atoms with Gasteiger partial charge in [-0.15, -0.1) is 0 Å². The number of nitrogens with zero attached hydrogens (tertiary/aromatic N) is 7. The van der Waals surface area contributed by atoms with Crippen molar-refractivity contribution in [2.45, 2.75) is 75.1 Å². The van der Waals surface area contributed by atoms with Crippen LogP contribution < -0.4 is 10.5 Å². The molecule has 1 saturated carbocycles. The highest BCUT2D eigenvalue weighted by Crippen LogP contribution is 2.47. The Balaban J connectivity index is 1.15. The van der Waals surface area contributed by atoms with Gasteiger partial charge in [-0.2, -0.15) is 0 Å². The summed E-state index contributed by atoms with van der Waals surface area (Å²) in [5.41, 5.74) is 1.30. The van der Waals surface area contributed by atoms with E-state index in [2.05, 4.69) is 16.7 Å². The van der Waals surface area contributed by atoms with E-state index in [1.165, 1.54) is 27.8 Å². The first-order chi connectivity index (χ1) is 31.4. The van der Waals surface area contributed by atoms with Crippen molar-refractivity contribution in [3.05, 3.63) is 118 Å². The lowest BCUT2D eigenvalue weighted by atomic mass is 9.87. The molecule has 3 aromatic heterocycles. The quantitative estimate of drug-likeness (QED) is 0.108. The third-order valence-corrected chi connectivity index (χ3v) is 15.4. The smallest absolute Gasteiger partial charge is 0.465 e. The zero-order valence-electron chi connectivity index (χ0n) is 37.2. The fourth-order valence-corrected chi connectivity index (χ4v) is 11.2. The molecule has 2 saturated heterocycles. The molecule has 6 aromatic rings. The Morgan fingerprint density at radius 3 is 2.29 bits per heavy atom. The normalized spacial score (nSPS) is 20.0. The van der Waals surface area contributed by atoms with Gasteiger partial charge in [-0.1, -0.05) is 54.1 Å². The Morgan fingerprint density at radius 1 is 0.909 bits per heavy atom. The van der Waals surface area contributed by atoms with Crippen molar-refractivity contribution in [3.63, 3.8) is 0 Å². The first kappa shape index (κ1) is 45.7. The summed E-state index contributed by atoms with van der Waals surface area (Å²) in [6.07, 6.45) is 5.01. The number of fused-ring (bicyclic) bond motifs is 2. The van der Waals surface area contributed by atoms with E-state index in [0.717, 1.165) is 41.8 Å². The number of rotatable bonds is 13. The van der Waals surface area contributed by atoms with E-state index in [4.69, 9.17) is 19.2 Å². The maximum absolute atomic E-state index is 14.0. The van der Waals surface area contributed by atoms with Gasteiger partial charge in [0.05, 0.1) is 28.8 Å². The molecule has 3 aliphatic rings. The van der Waals surface area contributed by atoms with Crippen molar-refractivity contribution < 1.29 is 41.9 Å². The molecular weight excluding hydrogens is 886 g/mol. The largest absolute Gasteiger partial charge is 0.469 e. The molecule has 0 radical (unpaired) electrons. The lowest BCUT2D eigenvalue weighted by molar-refractivity contribution is -0.0657. The van der Waals surface area contributed by atoms with Gasteiger partial charge in [0.1, 0.15) is 5.52 Å². The van der Waals surface area contributed by atoms with Crippen LogP contribution in [0, 0.1) is 12.8 Å². The minimum atomic E-state index is -5.05. The maximum atomic E-state index is 14.0. The number of piperidine rings is 1. The molecule has 9 rings (SSSR count). The standard InChI is InChI=1S/C47H54N7O10PS/c1-30-10-15-37(16-11-30)66(61,62)54-23-20-38-40(28-50(4)44(55)42(38)54)34-12-17-41-39(24-34)43(47(64-36-13-14-36,29-63-65(58,59)60)35-8-6-5-7-9-35)49-45(48-41)51-21-18-33(19-22-51)27-52-25-32(3)53(46(56)57)26-31(52)2/h5-12,15-17,20,23-24,28,31-33,36H,13-14,18-19,21-22,25-27,29H2,1-4H3,(H,56,57)(H2,58,59,60)/t31-,32+,47?/m0/s1. The molecule has 19 heteroatoms. The second-order valence-electron chi connectivity index (χ2n) is 18.0. The van der Waals surface area contributed by atoms with E-state index >= 15 is 0 Å². The van der Waals surface area contributed by atoms with Crippen molar-refractivity contribution in [2.75, 3.05) is 44.2 Å². The topological polar surface area (TPSA) is 210 Å². The van der Waals surface area contributed by atoms with Crippen LogP contribution in [0.4, 0.5) is 10.7 Å². The first-order valence-corrected chi connectivity index (χ1v) is 25.2. The molecule has 3 N–H and O–H groups in total. The number of piperazine rings is 1. The minimum absolute atomic E-state index is 0.0249. The molecule has 17 nitrogen and oxygen atoms in total. The second kappa shape index (κ2) is 17.6. The van der Waals surface area contributed by atoms with E-state index in [9.17, 15) is 37.5 Å². The molecular formula is C47H54N7O10PS. The molecule has 2 aliphatic heterocycles. The predicted molar refractivity (Wildman–Crippen MR) is 249 cm³/mol. The van der Waals surface area contributed by atoms with Gasteiger partial charge in [-0.05, 0) is 93.8 Å². The van der Waals surface area contributed by atoms with Crippen LogP contribution in [0.3, 0.4) is 0 Å². The highest BCUT2D eigenvalue weighted by Gasteiger charge is 2.46. The first-order valence-electron chi connectivity index (χ1n) is 22.2. The van der Waals surface area contributed by atoms with Crippen LogP contribution in [-0.2, 0) is 36.5 Å². The molecule has 66 heavy (non-hydrogen) atoms. The number of carboxylic acid groups (broad SMARTS) is 1. The van der Waals surface area contributed by atoms with Crippen LogP contribution in [0.2, 0.25) is 0 Å². The van der Waals surface area contributed by atoms with Crippen LogP contribution in [0.1, 0.15) is 56.4 Å². The van der Waals surface area contributed by atoms with Gasteiger partial charge < -0.3 is 34.0 Å². The average molecular weight is 940 g/mol. The van der Waals surface area contributed by atoms with Gasteiger partial charge in [0.2, 0.25) is 5.95 Å². The zero-order chi connectivity index (χ0) is 46.7. The number of amides is 1. The summed E-state index contributed by atoms with van der Waals surface area (Å²) >= 11 is 0. The molecule has 0 bridgehead atoms. The zero-order valence-corrected chi connectivity index (χ0v) is 38.9. The summed E-state index contributed by atoms with van der Waals surface area (Å²) in [4.78, 5) is 62.5. The van der Waals surface area contributed by atoms with Crippen molar-refractivity contribution in [1.29, 1.82) is 0 Å². The van der Waals surface area contributed by atoms with E-state index in [1.807, 2.05) is 62.4 Å². The number of hydrogen-bond acceptors (Lipinski definition) is 11. The minimum Gasteiger partial charge on any atom is -0.465 e. The SMILES string of the molecule is Cc1ccc(S(=O)(=O)n2ccc3c(-c4ccc5nc(N6CCC(CN7C[C@@H](C)N(C(=O)O)C[C@@H]7C)CC6)nc(C(COP(=O)(O)O)(OC6CC6)c6ccccc6)c5c4)cn(C)c(=O)c32)cc1. The summed E-state index contributed by atoms with van der Waals surface area (Å²) in [6.45, 7) is 8.52. The number of aryl methyl sites for hydroxylation is 2. The fraction of sp³-hybridized carbons (Fsp3) is 0.404. The number of phosphoric acid groups is 1.